The van der Waals surface area contributed by atoms with E-state index in [2.05, 4.69) is 37.2 Å². The van der Waals surface area contributed by atoms with Gasteiger partial charge >= 0.3 is 0 Å². The average Bonchev–Trinajstić information content (AvgIpc) is 2.68. The van der Waals surface area contributed by atoms with Crippen molar-refractivity contribution in [2.24, 2.45) is 11.3 Å². The molecule has 1 fully saturated rings. The van der Waals surface area contributed by atoms with Gasteiger partial charge in [-0.1, -0.05) is 26.0 Å². The van der Waals surface area contributed by atoms with E-state index in [0.29, 0.717) is 5.41 Å². The summed E-state index contributed by atoms with van der Waals surface area (Å²) in [5, 5.41) is 3.51. The fourth-order valence-electron chi connectivity index (χ4n) is 2.59. The highest BCUT2D eigenvalue weighted by Crippen LogP contribution is 2.34. The molecule has 92 valence electrons. The fraction of sp³-hybridized carbons (Fsp3) is 0.714. The molecule has 1 saturated heterocycles. The van der Waals surface area contributed by atoms with Gasteiger partial charge in [-0.25, -0.2) is 0 Å². The summed E-state index contributed by atoms with van der Waals surface area (Å²) in [5.74, 6) is 0.722. The minimum absolute atomic E-state index is 0.437. The van der Waals surface area contributed by atoms with Crippen LogP contribution < -0.4 is 5.32 Å². The lowest BCUT2D eigenvalue weighted by atomic mass is 9.76. The Kier molecular flexibility index (Phi) is 5.23. The van der Waals surface area contributed by atoms with Crippen molar-refractivity contribution in [3.8, 4) is 0 Å². The molecule has 1 unspecified atom stereocenters. The van der Waals surface area contributed by atoms with Gasteiger partial charge in [0.15, 0.2) is 0 Å². The Bertz CT molecular complexity index is 217. The van der Waals surface area contributed by atoms with Crippen LogP contribution in [0.1, 0.15) is 20.3 Å². The Morgan fingerprint density at radius 1 is 1.31 bits per heavy atom. The van der Waals surface area contributed by atoms with Gasteiger partial charge in [-0.3, -0.25) is 4.90 Å². The molecule has 1 heterocycles. The quantitative estimate of drug-likeness (QED) is 0.665. The summed E-state index contributed by atoms with van der Waals surface area (Å²) in [4.78, 5) is 2.44. The molecule has 0 saturated carbocycles. The molecule has 2 nitrogen and oxygen atoms in total. The maximum atomic E-state index is 3.83. The SMILES string of the molecule is C=CCN(CC=C)CC1(C(C)C)CCNC1. The van der Waals surface area contributed by atoms with Crippen LogP contribution in [0.3, 0.4) is 0 Å². The number of rotatable bonds is 7. The van der Waals surface area contributed by atoms with Gasteiger partial charge in [0, 0.05) is 26.2 Å². The fourth-order valence-corrected chi connectivity index (χ4v) is 2.59. The molecule has 1 aliphatic rings. The second-order valence-electron chi connectivity index (χ2n) is 5.22. The van der Waals surface area contributed by atoms with Crippen LogP contribution in [0.5, 0.6) is 0 Å². The van der Waals surface area contributed by atoms with Crippen molar-refractivity contribution in [2.75, 3.05) is 32.7 Å². The highest BCUT2D eigenvalue weighted by molar-refractivity contribution is 4.94. The molecule has 1 atom stereocenters. The van der Waals surface area contributed by atoms with E-state index in [0.717, 1.165) is 38.6 Å². The zero-order valence-electron chi connectivity index (χ0n) is 10.8. The zero-order valence-corrected chi connectivity index (χ0v) is 10.8. The minimum atomic E-state index is 0.437. The van der Waals surface area contributed by atoms with Gasteiger partial charge in [0.2, 0.25) is 0 Å². The van der Waals surface area contributed by atoms with Crippen molar-refractivity contribution in [1.82, 2.24) is 10.2 Å². The molecule has 16 heavy (non-hydrogen) atoms. The van der Waals surface area contributed by atoms with Crippen LogP contribution >= 0.6 is 0 Å². The Morgan fingerprint density at radius 3 is 2.31 bits per heavy atom. The molecule has 0 radical (unpaired) electrons. The van der Waals surface area contributed by atoms with E-state index in [9.17, 15) is 0 Å². The van der Waals surface area contributed by atoms with Gasteiger partial charge in [0.05, 0.1) is 0 Å². The van der Waals surface area contributed by atoms with E-state index >= 15 is 0 Å². The van der Waals surface area contributed by atoms with Crippen LogP contribution in [0, 0.1) is 11.3 Å². The number of nitrogens with zero attached hydrogens (tertiary/aromatic N) is 1. The summed E-state index contributed by atoms with van der Waals surface area (Å²) >= 11 is 0. The van der Waals surface area contributed by atoms with E-state index in [1.807, 2.05) is 12.2 Å². The summed E-state index contributed by atoms with van der Waals surface area (Å²) in [5.41, 5.74) is 0.437. The first-order valence-electron chi connectivity index (χ1n) is 6.29. The molecule has 0 spiro atoms. The zero-order chi connectivity index (χ0) is 12.0. The summed E-state index contributed by atoms with van der Waals surface area (Å²) in [6, 6.07) is 0. The van der Waals surface area contributed by atoms with Crippen molar-refractivity contribution in [3.63, 3.8) is 0 Å². The third-order valence-electron chi connectivity index (χ3n) is 3.81. The van der Waals surface area contributed by atoms with Crippen LogP contribution in [0.25, 0.3) is 0 Å². The monoisotopic (exact) mass is 222 g/mol. The molecule has 0 aromatic carbocycles. The molecule has 1 rings (SSSR count). The van der Waals surface area contributed by atoms with Gasteiger partial charge in [0.1, 0.15) is 0 Å². The summed E-state index contributed by atoms with van der Waals surface area (Å²) in [7, 11) is 0. The first-order valence-corrected chi connectivity index (χ1v) is 6.29. The number of nitrogens with one attached hydrogen (secondary N) is 1. The van der Waals surface area contributed by atoms with Crippen LogP contribution in [0.4, 0.5) is 0 Å². The topological polar surface area (TPSA) is 15.3 Å². The number of hydrogen-bond acceptors (Lipinski definition) is 2. The first kappa shape index (κ1) is 13.5. The Morgan fingerprint density at radius 2 is 1.94 bits per heavy atom. The predicted octanol–water partition coefficient (Wildman–Crippen LogP) is 2.30. The summed E-state index contributed by atoms with van der Waals surface area (Å²) in [6.07, 6.45) is 5.26. The smallest absolute Gasteiger partial charge is 0.0164 e. The predicted molar refractivity (Wildman–Crippen MR) is 71.6 cm³/mol. The highest BCUT2D eigenvalue weighted by atomic mass is 15.1. The van der Waals surface area contributed by atoms with E-state index in [1.54, 1.807) is 0 Å². The Balaban J connectivity index is 2.64. The second-order valence-corrected chi connectivity index (χ2v) is 5.22. The van der Waals surface area contributed by atoms with Crippen LogP contribution in [0.15, 0.2) is 25.3 Å². The summed E-state index contributed by atoms with van der Waals surface area (Å²) < 4.78 is 0. The standard InChI is InChI=1S/C14H26N2/c1-5-9-16(10-6-2)12-14(13(3)4)7-8-15-11-14/h5-6,13,15H,1-2,7-12H2,3-4H3. The molecule has 0 aromatic rings. The largest absolute Gasteiger partial charge is 0.316 e. The highest BCUT2D eigenvalue weighted by Gasteiger charge is 2.37. The molecule has 0 aliphatic carbocycles. The van der Waals surface area contributed by atoms with Gasteiger partial charge in [-0.15, -0.1) is 13.2 Å². The molecule has 2 heteroatoms. The molecule has 1 N–H and O–H groups in total. The lowest BCUT2D eigenvalue weighted by Gasteiger charge is -2.37. The van der Waals surface area contributed by atoms with Crippen molar-refractivity contribution in [2.45, 2.75) is 20.3 Å². The molecule has 1 aliphatic heterocycles. The van der Waals surface area contributed by atoms with Gasteiger partial charge < -0.3 is 5.32 Å². The number of hydrogen-bond donors (Lipinski definition) is 1. The van der Waals surface area contributed by atoms with E-state index in [1.165, 1.54) is 6.42 Å². The normalized spacial score (nSPS) is 25.2. The lowest BCUT2D eigenvalue weighted by molar-refractivity contribution is 0.134. The minimum Gasteiger partial charge on any atom is -0.316 e. The Labute approximate surface area is 100 Å². The average molecular weight is 222 g/mol. The second kappa shape index (κ2) is 6.21. The first-order chi connectivity index (χ1) is 7.64. The van der Waals surface area contributed by atoms with Crippen molar-refractivity contribution >= 4 is 0 Å². The maximum Gasteiger partial charge on any atom is 0.0164 e. The molecular formula is C14H26N2. The van der Waals surface area contributed by atoms with Crippen LogP contribution in [0.2, 0.25) is 0 Å². The third-order valence-corrected chi connectivity index (χ3v) is 3.81. The van der Waals surface area contributed by atoms with E-state index in [4.69, 9.17) is 0 Å². The van der Waals surface area contributed by atoms with Crippen LogP contribution in [-0.4, -0.2) is 37.6 Å². The van der Waals surface area contributed by atoms with Crippen molar-refractivity contribution in [1.29, 1.82) is 0 Å². The van der Waals surface area contributed by atoms with Crippen molar-refractivity contribution in [3.05, 3.63) is 25.3 Å². The maximum absolute atomic E-state index is 3.83. The van der Waals surface area contributed by atoms with Gasteiger partial charge in [-0.2, -0.15) is 0 Å². The molecule has 0 amide bonds. The van der Waals surface area contributed by atoms with Gasteiger partial charge in [0.25, 0.3) is 0 Å². The Hall–Kier alpha value is -0.600. The molecule has 0 bridgehead atoms. The van der Waals surface area contributed by atoms with Crippen molar-refractivity contribution < 1.29 is 0 Å². The molecule has 0 aromatic heterocycles. The van der Waals surface area contributed by atoms with E-state index in [-0.39, 0.29) is 0 Å². The van der Waals surface area contributed by atoms with E-state index < -0.39 is 0 Å². The van der Waals surface area contributed by atoms with Gasteiger partial charge in [-0.05, 0) is 24.3 Å². The van der Waals surface area contributed by atoms with Crippen LogP contribution in [-0.2, 0) is 0 Å². The molecular weight excluding hydrogens is 196 g/mol. The summed E-state index contributed by atoms with van der Waals surface area (Å²) in [6.45, 7) is 17.7. The third kappa shape index (κ3) is 3.19. The lowest BCUT2D eigenvalue weighted by Crippen LogP contribution is -2.42.